The zero-order chi connectivity index (χ0) is 14.5. The zero-order valence-electron chi connectivity index (χ0n) is 11.3. The van der Waals surface area contributed by atoms with Gasteiger partial charge in [-0.15, -0.1) is 0 Å². The summed E-state index contributed by atoms with van der Waals surface area (Å²) in [6, 6.07) is 13.5. The molecule has 0 aliphatic carbocycles. The van der Waals surface area contributed by atoms with E-state index in [1.54, 1.807) is 0 Å². The van der Waals surface area contributed by atoms with Gasteiger partial charge in [0, 0.05) is 16.1 Å². The molecule has 0 heterocycles. The van der Waals surface area contributed by atoms with Gasteiger partial charge in [-0.1, -0.05) is 46.3 Å². The van der Waals surface area contributed by atoms with Crippen molar-refractivity contribution in [3.05, 3.63) is 63.6 Å². The molecular weight excluding hydrogens is 318 g/mol. The van der Waals surface area contributed by atoms with Crippen molar-refractivity contribution in [2.75, 3.05) is 0 Å². The van der Waals surface area contributed by atoms with Crippen LogP contribution in [0.15, 0.2) is 46.9 Å². The second-order valence-electron chi connectivity index (χ2n) is 4.73. The van der Waals surface area contributed by atoms with E-state index in [0.29, 0.717) is 6.61 Å². The summed E-state index contributed by atoms with van der Waals surface area (Å²) in [5.74, 6) is 0.792. The van der Waals surface area contributed by atoms with E-state index in [2.05, 4.69) is 15.9 Å². The molecule has 0 unspecified atom stereocenters. The monoisotopic (exact) mass is 335 g/mol. The van der Waals surface area contributed by atoms with E-state index in [1.807, 2.05) is 49.4 Å². The third kappa shape index (κ3) is 3.82. The second-order valence-corrected chi connectivity index (χ2v) is 5.65. The number of hydrogen-bond acceptors (Lipinski definition) is 3. The molecule has 106 valence electrons. The number of nitrogens with two attached hydrogens (primary N) is 1. The molecule has 2 rings (SSSR count). The highest BCUT2D eigenvalue weighted by molar-refractivity contribution is 9.10. The Labute approximate surface area is 127 Å². The van der Waals surface area contributed by atoms with Crippen molar-refractivity contribution >= 4 is 15.9 Å². The molecular formula is C16H18BrNO2. The van der Waals surface area contributed by atoms with Crippen LogP contribution in [0, 0.1) is 0 Å². The van der Waals surface area contributed by atoms with Crippen LogP contribution in [0.1, 0.15) is 29.7 Å². The van der Waals surface area contributed by atoms with Crippen LogP contribution in [0.2, 0.25) is 0 Å². The first-order valence-electron chi connectivity index (χ1n) is 6.46. The Kier molecular flexibility index (Phi) is 5.17. The van der Waals surface area contributed by atoms with Crippen molar-refractivity contribution in [1.82, 2.24) is 0 Å². The highest BCUT2D eigenvalue weighted by Gasteiger charge is 2.09. The largest absolute Gasteiger partial charge is 0.489 e. The van der Waals surface area contributed by atoms with Gasteiger partial charge < -0.3 is 15.6 Å². The average Bonchev–Trinajstić information content (AvgIpc) is 2.45. The van der Waals surface area contributed by atoms with Crippen molar-refractivity contribution in [2.24, 2.45) is 5.73 Å². The molecule has 0 aliphatic heterocycles. The molecule has 0 spiro atoms. The Morgan fingerprint density at radius 2 is 1.80 bits per heavy atom. The quantitative estimate of drug-likeness (QED) is 0.878. The van der Waals surface area contributed by atoms with Crippen LogP contribution in [0.3, 0.4) is 0 Å². The molecule has 3 N–H and O–H groups in total. The highest BCUT2D eigenvalue weighted by Crippen LogP contribution is 2.28. The van der Waals surface area contributed by atoms with Crippen LogP contribution in [0.25, 0.3) is 0 Å². The smallest absolute Gasteiger partial charge is 0.125 e. The van der Waals surface area contributed by atoms with Gasteiger partial charge in [0.1, 0.15) is 12.4 Å². The van der Waals surface area contributed by atoms with Gasteiger partial charge >= 0.3 is 0 Å². The maximum absolute atomic E-state index is 9.01. The molecule has 2 aromatic carbocycles. The standard InChI is InChI=1S/C16H18BrNO2/c1-11(18)15-7-6-14(17)8-16(15)20-10-13-4-2-12(9-19)3-5-13/h2-8,11,19H,9-10,18H2,1H3/t11-/m0/s1. The van der Waals surface area contributed by atoms with Crippen LogP contribution in [0.4, 0.5) is 0 Å². The summed E-state index contributed by atoms with van der Waals surface area (Å²) in [7, 11) is 0. The van der Waals surface area contributed by atoms with Crippen molar-refractivity contribution in [1.29, 1.82) is 0 Å². The van der Waals surface area contributed by atoms with Gasteiger partial charge in [0.25, 0.3) is 0 Å². The predicted molar refractivity (Wildman–Crippen MR) is 83.4 cm³/mol. The highest BCUT2D eigenvalue weighted by atomic mass is 79.9. The molecule has 0 amide bonds. The van der Waals surface area contributed by atoms with Crippen molar-refractivity contribution in [3.8, 4) is 5.75 Å². The van der Waals surface area contributed by atoms with Crippen LogP contribution < -0.4 is 10.5 Å². The number of aliphatic hydroxyl groups is 1. The summed E-state index contributed by atoms with van der Waals surface area (Å²) in [6.07, 6.45) is 0. The second kappa shape index (κ2) is 6.88. The summed E-state index contributed by atoms with van der Waals surface area (Å²) < 4.78 is 6.83. The van der Waals surface area contributed by atoms with Gasteiger partial charge in [-0.05, 0) is 30.2 Å². The van der Waals surface area contributed by atoms with E-state index in [-0.39, 0.29) is 12.6 Å². The van der Waals surface area contributed by atoms with Gasteiger partial charge in [-0.25, -0.2) is 0 Å². The maximum Gasteiger partial charge on any atom is 0.125 e. The fourth-order valence-corrected chi connectivity index (χ4v) is 2.25. The van der Waals surface area contributed by atoms with E-state index < -0.39 is 0 Å². The predicted octanol–water partition coefficient (Wildman–Crippen LogP) is 3.54. The molecule has 0 aromatic heterocycles. The Balaban J connectivity index is 2.11. The maximum atomic E-state index is 9.01. The lowest BCUT2D eigenvalue weighted by molar-refractivity contribution is 0.281. The Hall–Kier alpha value is -1.36. The molecule has 1 atom stereocenters. The van der Waals surface area contributed by atoms with Gasteiger partial charge in [-0.2, -0.15) is 0 Å². The molecule has 0 fully saturated rings. The topological polar surface area (TPSA) is 55.5 Å². The minimum atomic E-state index is -0.0742. The fraction of sp³-hybridized carbons (Fsp3) is 0.250. The Bertz CT molecular complexity index is 567. The first kappa shape index (κ1) is 15.0. The summed E-state index contributed by atoms with van der Waals surface area (Å²) >= 11 is 3.44. The number of aliphatic hydroxyl groups excluding tert-OH is 1. The first-order chi connectivity index (χ1) is 9.60. The number of halogens is 1. The summed E-state index contributed by atoms with van der Waals surface area (Å²) in [4.78, 5) is 0. The van der Waals surface area contributed by atoms with Gasteiger partial charge in [-0.3, -0.25) is 0 Å². The molecule has 3 nitrogen and oxygen atoms in total. The molecule has 0 radical (unpaired) electrons. The Morgan fingerprint density at radius 1 is 1.15 bits per heavy atom. The SMILES string of the molecule is C[C@H](N)c1ccc(Br)cc1OCc1ccc(CO)cc1. The fourth-order valence-electron chi connectivity index (χ4n) is 1.91. The van der Waals surface area contributed by atoms with Crippen LogP contribution >= 0.6 is 15.9 Å². The van der Waals surface area contributed by atoms with Gasteiger partial charge in [0.05, 0.1) is 6.61 Å². The first-order valence-corrected chi connectivity index (χ1v) is 7.26. The van der Waals surface area contributed by atoms with E-state index in [0.717, 1.165) is 26.9 Å². The lowest BCUT2D eigenvalue weighted by atomic mass is 10.1. The van der Waals surface area contributed by atoms with Crippen LogP contribution in [0.5, 0.6) is 5.75 Å². The van der Waals surface area contributed by atoms with Crippen LogP contribution in [-0.4, -0.2) is 5.11 Å². The third-order valence-electron chi connectivity index (χ3n) is 3.07. The van der Waals surface area contributed by atoms with E-state index in [1.165, 1.54) is 0 Å². The number of ether oxygens (including phenoxy) is 1. The molecule has 0 aliphatic rings. The van der Waals surface area contributed by atoms with Crippen LogP contribution in [-0.2, 0) is 13.2 Å². The molecule has 2 aromatic rings. The lowest BCUT2D eigenvalue weighted by Gasteiger charge is -2.14. The minimum Gasteiger partial charge on any atom is -0.489 e. The molecule has 0 bridgehead atoms. The zero-order valence-corrected chi connectivity index (χ0v) is 12.9. The van der Waals surface area contributed by atoms with E-state index in [9.17, 15) is 0 Å². The number of benzene rings is 2. The average molecular weight is 336 g/mol. The number of hydrogen-bond donors (Lipinski definition) is 2. The number of rotatable bonds is 5. The molecule has 4 heteroatoms. The normalized spacial score (nSPS) is 12.2. The molecule has 20 heavy (non-hydrogen) atoms. The van der Waals surface area contributed by atoms with E-state index in [4.69, 9.17) is 15.6 Å². The molecule has 0 saturated heterocycles. The Morgan fingerprint density at radius 3 is 2.40 bits per heavy atom. The van der Waals surface area contributed by atoms with Gasteiger partial charge in [0.2, 0.25) is 0 Å². The lowest BCUT2D eigenvalue weighted by Crippen LogP contribution is -2.08. The summed E-state index contributed by atoms with van der Waals surface area (Å²) in [5, 5.41) is 9.01. The van der Waals surface area contributed by atoms with Crippen molar-refractivity contribution < 1.29 is 9.84 Å². The van der Waals surface area contributed by atoms with Crippen molar-refractivity contribution in [2.45, 2.75) is 26.2 Å². The van der Waals surface area contributed by atoms with E-state index >= 15 is 0 Å². The van der Waals surface area contributed by atoms with Crippen molar-refractivity contribution in [3.63, 3.8) is 0 Å². The summed E-state index contributed by atoms with van der Waals surface area (Å²) in [5.41, 5.74) is 8.88. The summed E-state index contributed by atoms with van der Waals surface area (Å²) in [6.45, 7) is 2.47. The minimum absolute atomic E-state index is 0.0571. The third-order valence-corrected chi connectivity index (χ3v) is 3.56. The van der Waals surface area contributed by atoms with Gasteiger partial charge in [0.15, 0.2) is 0 Å². The molecule has 0 saturated carbocycles.